The highest BCUT2D eigenvalue weighted by Crippen LogP contribution is 2.17. The molecular formula is C18H16BF3N2O6. The van der Waals surface area contributed by atoms with Crippen molar-refractivity contribution in [1.29, 1.82) is 0 Å². The molecule has 0 aliphatic heterocycles. The molecule has 0 radical (unpaired) electrons. The van der Waals surface area contributed by atoms with Crippen LogP contribution in [0.3, 0.4) is 0 Å². The van der Waals surface area contributed by atoms with Crippen molar-refractivity contribution in [1.82, 2.24) is 9.55 Å². The normalized spacial score (nSPS) is 10.9. The number of imidazole rings is 1. The van der Waals surface area contributed by atoms with Crippen LogP contribution in [0.1, 0.15) is 15.9 Å². The molecule has 158 valence electrons. The van der Waals surface area contributed by atoms with E-state index in [4.69, 9.17) is 24.7 Å². The molecule has 0 unspecified atom stereocenters. The Balaban J connectivity index is 0.000000396. The summed E-state index contributed by atoms with van der Waals surface area (Å²) in [6.07, 6.45) is -3.37. The fourth-order valence-corrected chi connectivity index (χ4v) is 2.42. The summed E-state index contributed by atoms with van der Waals surface area (Å²) in [5, 5.41) is 25.4. The van der Waals surface area contributed by atoms with Crippen molar-refractivity contribution in [3.8, 4) is 0 Å². The van der Waals surface area contributed by atoms with Gasteiger partial charge in [0.2, 0.25) is 0 Å². The first-order chi connectivity index (χ1) is 14.0. The summed E-state index contributed by atoms with van der Waals surface area (Å²) in [6, 6.07) is 12.2. The van der Waals surface area contributed by atoms with Crippen LogP contribution in [-0.2, 0) is 16.1 Å². The van der Waals surface area contributed by atoms with E-state index in [9.17, 15) is 18.0 Å². The van der Waals surface area contributed by atoms with E-state index in [1.807, 2.05) is 16.7 Å². The second-order valence-corrected chi connectivity index (χ2v) is 5.99. The third-order valence-corrected chi connectivity index (χ3v) is 3.92. The first-order valence-corrected chi connectivity index (χ1v) is 8.31. The largest absolute Gasteiger partial charge is 0.490 e. The number of hydrogen-bond acceptors (Lipinski definition) is 6. The standard InChI is InChI=1S/C16H15BN2O4.C2HF3O2/c1-23-16(20)12-4-7-14-15(8-12)19(10-18-14)9-11-2-5-13(6-3-11)17(21)22;3-2(4,5)1(6)7/h2-8,10,21-22H,9H2,1H3;(H,6,7). The van der Waals surface area contributed by atoms with Gasteiger partial charge in [-0.05, 0) is 29.2 Å². The second-order valence-electron chi connectivity index (χ2n) is 5.99. The molecule has 0 spiro atoms. The van der Waals surface area contributed by atoms with Crippen LogP contribution in [0, 0.1) is 0 Å². The van der Waals surface area contributed by atoms with Gasteiger partial charge in [0.1, 0.15) is 0 Å². The van der Waals surface area contributed by atoms with Crippen LogP contribution in [0.4, 0.5) is 13.2 Å². The van der Waals surface area contributed by atoms with E-state index in [-0.39, 0.29) is 5.97 Å². The van der Waals surface area contributed by atoms with Crippen molar-refractivity contribution in [2.45, 2.75) is 12.7 Å². The van der Waals surface area contributed by atoms with E-state index in [1.165, 1.54) is 7.11 Å². The fourth-order valence-electron chi connectivity index (χ4n) is 2.42. The summed E-state index contributed by atoms with van der Waals surface area (Å²) in [5.41, 5.74) is 3.52. The molecule has 8 nitrogen and oxygen atoms in total. The molecule has 0 fully saturated rings. The third kappa shape index (κ3) is 5.81. The number of ether oxygens (including phenoxy) is 1. The van der Waals surface area contributed by atoms with Gasteiger partial charge in [0.15, 0.2) is 0 Å². The average molecular weight is 424 g/mol. The van der Waals surface area contributed by atoms with Gasteiger partial charge in [-0.15, -0.1) is 0 Å². The van der Waals surface area contributed by atoms with Crippen LogP contribution in [0.2, 0.25) is 0 Å². The zero-order chi connectivity index (χ0) is 22.5. The number of aromatic nitrogens is 2. The van der Waals surface area contributed by atoms with E-state index in [0.717, 1.165) is 16.6 Å². The van der Waals surface area contributed by atoms with Gasteiger partial charge in [-0.3, -0.25) is 0 Å². The Kier molecular flexibility index (Phi) is 7.19. The maximum Gasteiger partial charge on any atom is 0.490 e. The van der Waals surface area contributed by atoms with Gasteiger partial charge in [-0.2, -0.15) is 13.2 Å². The number of benzene rings is 2. The highest BCUT2D eigenvalue weighted by atomic mass is 19.4. The van der Waals surface area contributed by atoms with Crippen molar-refractivity contribution < 1.29 is 42.7 Å². The molecule has 1 aromatic heterocycles. The van der Waals surface area contributed by atoms with Crippen LogP contribution in [0.25, 0.3) is 11.0 Å². The predicted octanol–water partition coefficient (Wildman–Crippen LogP) is 1.18. The minimum absolute atomic E-state index is 0.388. The zero-order valence-electron chi connectivity index (χ0n) is 15.5. The molecule has 1 heterocycles. The topological polar surface area (TPSA) is 122 Å². The van der Waals surface area contributed by atoms with E-state index < -0.39 is 19.3 Å². The number of carboxylic acid groups (broad SMARTS) is 1. The summed E-state index contributed by atoms with van der Waals surface area (Å²) in [5.74, 6) is -3.14. The number of fused-ring (bicyclic) bond motifs is 1. The molecule has 3 N–H and O–H groups in total. The molecule has 0 atom stereocenters. The van der Waals surface area contributed by atoms with E-state index in [2.05, 4.69) is 4.98 Å². The minimum atomic E-state index is -5.08. The number of aliphatic carboxylic acids is 1. The van der Waals surface area contributed by atoms with Gasteiger partial charge in [0, 0.05) is 6.54 Å². The van der Waals surface area contributed by atoms with E-state index in [0.29, 0.717) is 17.6 Å². The first kappa shape index (κ1) is 22.9. The molecule has 0 amide bonds. The first-order valence-electron chi connectivity index (χ1n) is 8.31. The van der Waals surface area contributed by atoms with Crippen LogP contribution in [-0.4, -0.2) is 57.0 Å². The monoisotopic (exact) mass is 424 g/mol. The Morgan fingerprint density at radius 1 is 1.13 bits per heavy atom. The van der Waals surface area contributed by atoms with Crippen molar-refractivity contribution in [2.75, 3.05) is 7.11 Å². The van der Waals surface area contributed by atoms with Gasteiger partial charge in [0.25, 0.3) is 0 Å². The smallest absolute Gasteiger partial charge is 0.475 e. The van der Waals surface area contributed by atoms with E-state index in [1.54, 1.807) is 36.7 Å². The lowest BCUT2D eigenvalue weighted by Gasteiger charge is -2.07. The molecular weight excluding hydrogens is 408 g/mol. The summed E-state index contributed by atoms with van der Waals surface area (Å²) in [4.78, 5) is 24.9. The number of carbonyl (C=O) groups is 2. The fraction of sp³-hybridized carbons (Fsp3) is 0.167. The predicted molar refractivity (Wildman–Crippen MR) is 100 cm³/mol. The van der Waals surface area contributed by atoms with Crippen LogP contribution in [0.5, 0.6) is 0 Å². The summed E-state index contributed by atoms with van der Waals surface area (Å²) in [7, 11) is -0.123. The molecule has 3 rings (SSSR count). The van der Waals surface area contributed by atoms with Crippen molar-refractivity contribution in [3.63, 3.8) is 0 Å². The minimum Gasteiger partial charge on any atom is -0.475 e. The molecule has 0 saturated carbocycles. The lowest BCUT2D eigenvalue weighted by molar-refractivity contribution is -0.192. The molecule has 30 heavy (non-hydrogen) atoms. The quantitative estimate of drug-likeness (QED) is 0.425. The highest BCUT2D eigenvalue weighted by molar-refractivity contribution is 6.58. The Labute approximate surface area is 168 Å². The highest BCUT2D eigenvalue weighted by Gasteiger charge is 2.38. The number of alkyl halides is 3. The maximum atomic E-state index is 11.7. The van der Waals surface area contributed by atoms with Gasteiger partial charge >= 0.3 is 25.2 Å². The third-order valence-electron chi connectivity index (χ3n) is 3.92. The summed E-state index contributed by atoms with van der Waals surface area (Å²) >= 11 is 0. The molecule has 0 aliphatic rings. The SMILES string of the molecule is COC(=O)c1ccc2ncn(Cc3ccc(B(O)O)cc3)c2c1.O=C(O)C(F)(F)F. The number of hydrogen-bond donors (Lipinski definition) is 3. The zero-order valence-corrected chi connectivity index (χ0v) is 15.5. The number of methoxy groups -OCH3 is 1. The molecule has 0 saturated heterocycles. The van der Waals surface area contributed by atoms with Gasteiger partial charge < -0.3 is 24.5 Å². The molecule has 2 aromatic carbocycles. The van der Waals surface area contributed by atoms with Gasteiger partial charge in [-0.1, -0.05) is 24.3 Å². The number of carboxylic acids is 1. The van der Waals surface area contributed by atoms with E-state index >= 15 is 0 Å². The number of esters is 1. The second kappa shape index (κ2) is 9.42. The number of halogens is 3. The van der Waals surface area contributed by atoms with Crippen molar-refractivity contribution >= 4 is 35.6 Å². The number of carbonyl (C=O) groups excluding carboxylic acids is 1. The van der Waals surface area contributed by atoms with Crippen LogP contribution >= 0.6 is 0 Å². The molecule has 0 bridgehead atoms. The summed E-state index contributed by atoms with van der Waals surface area (Å²) < 4.78 is 38.4. The lowest BCUT2D eigenvalue weighted by Crippen LogP contribution is -2.29. The van der Waals surface area contributed by atoms with Crippen molar-refractivity contribution in [3.05, 3.63) is 59.9 Å². The molecule has 3 aromatic rings. The van der Waals surface area contributed by atoms with Gasteiger partial charge in [0.05, 0.1) is 30.0 Å². The number of nitrogens with zero attached hydrogens (tertiary/aromatic N) is 2. The summed E-state index contributed by atoms with van der Waals surface area (Å²) in [6.45, 7) is 0.558. The number of rotatable bonds is 4. The average Bonchev–Trinajstić information content (AvgIpc) is 3.09. The van der Waals surface area contributed by atoms with Crippen LogP contribution in [0.15, 0.2) is 48.8 Å². The Bertz CT molecular complexity index is 1030. The Morgan fingerprint density at radius 3 is 2.23 bits per heavy atom. The lowest BCUT2D eigenvalue weighted by atomic mass is 9.80. The van der Waals surface area contributed by atoms with Crippen LogP contribution < -0.4 is 5.46 Å². The molecule has 0 aliphatic carbocycles. The van der Waals surface area contributed by atoms with Crippen molar-refractivity contribution in [2.24, 2.45) is 0 Å². The Morgan fingerprint density at radius 2 is 1.73 bits per heavy atom. The molecule has 12 heteroatoms. The maximum absolute atomic E-state index is 11.7. The Hall–Kier alpha value is -3.38. The van der Waals surface area contributed by atoms with Gasteiger partial charge in [-0.25, -0.2) is 14.6 Å².